The van der Waals surface area contributed by atoms with Gasteiger partial charge in [0, 0.05) is 11.7 Å². The Kier molecular flexibility index (Phi) is 6.40. The van der Waals surface area contributed by atoms with Crippen LogP contribution in [-0.2, 0) is 14.3 Å². The molecule has 2 aliphatic rings. The van der Waals surface area contributed by atoms with Gasteiger partial charge in [-0.3, -0.25) is 14.5 Å². The predicted octanol–water partition coefficient (Wildman–Crippen LogP) is 3.06. The average molecular weight is 386 g/mol. The van der Waals surface area contributed by atoms with Crippen molar-refractivity contribution < 1.29 is 14.3 Å². The quantitative estimate of drug-likeness (QED) is 0.786. The van der Waals surface area contributed by atoms with E-state index < -0.39 is 0 Å². The molecule has 0 bridgehead atoms. The Labute approximate surface area is 166 Å². The Balaban J connectivity index is 1.81. The van der Waals surface area contributed by atoms with Gasteiger partial charge in [-0.1, -0.05) is 19.3 Å². The Bertz CT molecular complexity index is 787. The molecule has 1 unspecified atom stereocenters. The molecule has 152 valence electrons. The maximum Gasteiger partial charge on any atom is 0.323 e. The summed E-state index contributed by atoms with van der Waals surface area (Å²) in [5.41, 5.74) is 2.52. The SMILES string of the molecule is COC(=O)C1CCCN1CC(=O)Nc1c(C#N)c(C)c(C)n1C1CCCCC1. The molecule has 28 heavy (non-hydrogen) atoms. The molecule has 1 aliphatic carbocycles. The number of nitriles is 1. The first kappa shape index (κ1) is 20.4. The van der Waals surface area contributed by atoms with E-state index in [-0.39, 0.29) is 24.5 Å². The Morgan fingerprint density at radius 3 is 2.54 bits per heavy atom. The van der Waals surface area contributed by atoms with Crippen molar-refractivity contribution in [3.05, 3.63) is 16.8 Å². The minimum Gasteiger partial charge on any atom is -0.468 e. The van der Waals surface area contributed by atoms with Gasteiger partial charge in [-0.2, -0.15) is 5.26 Å². The smallest absolute Gasteiger partial charge is 0.323 e. The van der Waals surface area contributed by atoms with Crippen molar-refractivity contribution in [1.29, 1.82) is 5.26 Å². The number of methoxy groups -OCH3 is 1. The lowest BCUT2D eigenvalue weighted by Crippen LogP contribution is -2.41. The van der Waals surface area contributed by atoms with Gasteiger partial charge in [0.2, 0.25) is 5.91 Å². The third kappa shape index (κ3) is 3.93. The van der Waals surface area contributed by atoms with E-state index >= 15 is 0 Å². The highest BCUT2D eigenvalue weighted by Crippen LogP contribution is 2.36. The lowest BCUT2D eigenvalue weighted by atomic mass is 9.95. The summed E-state index contributed by atoms with van der Waals surface area (Å²) in [7, 11) is 1.38. The second-order valence-electron chi connectivity index (χ2n) is 7.91. The van der Waals surface area contributed by atoms with E-state index in [2.05, 4.69) is 16.0 Å². The fourth-order valence-corrected chi connectivity index (χ4v) is 4.66. The van der Waals surface area contributed by atoms with E-state index in [9.17, 15) is 14.9 Å². The summed E-state index contributed by atoms with van der Waals surface area (Å²) >= 11 is 0. The van der Waals surface area contributed by atoms with Crippen molar-refractivity contribution in [2.45, 2.75) is 70.9 Å². The summed E-state index contributed by atoms with van der Waals surface area (Å²) in [6.07, 6.45) is 7.30. The Morgan fingerprint density at radius 2 is 1.89 bits per heavy atom. The predicted molar refractivity (Wildman–Crippen MR) is 106 cm³/mol. The summed E-state index contributed by atoms with van der Waals surface area (Å²) in [4.78, 5) is 26.6. The molecule has 1 saturated heterocycles. The lowest BCUT2D eigenvalue weighted by Gasteiger charge is -2.27. The number of esters is 1. The molecule has 2 heterocycles. The minimum atomic E-state index is -0.361. The zero-order valence-corrected chi connectivity index (χ0v) is 17.1. The number of amides is 1. The molecule has 1 amide bonds. The highest BCUT2D eigenvalue weighted by atomic mass is 16.5. The van der Waals surface area contributed by atoms with Crippen LogP contribution in [0.3, 0.4) is 0 Å². The molecule has 2 fully saturated rings. The highest BCUT2D eigenvalue weighted by molar-refractivity contribution is 5.93. The van der Waals surface area contributed by atoms with Crippen LogP contribution in [0.1, 0.15) is 67.8 Å². The largest absolute Gasteiger partial charge is 0.468 e. The molecule has 1 aromatic rings. The van der Waals surface area contributed by atoms with Crippen LogP contribution in [0.2, 0.25) is 0 Å². The minimum absolute atomic E-state index is 0.124. The Hall–Kier alpha value is -2.33. The lowest BCUT2D eigenvalue weighted by molar-refractivity contribution is -0.146. The highest BCUT2D eigenvalue weighted by Gasteiger charge is 2.33. The number of rotatable bonds is 5. The van der Waals surface area contributed by atoms with Crippen molar-refractivity contribution in [3.8, 4) is 6.07 Å². The van der Waals surface area contributed by atoms with Gasteiger partial charge >= 0.3 is 5.97 Å². The number of carbonyl (C=O) groups excluding carboxylic acids is 2. The van der Waals surface area contributed by atoms with Crippen LogP contribution in [0.5, 0.6) is 0 Å². The van der Waals surface area contributed by atoms with Crippen LogP contribution in [0.4, 0.5) is 5.82 Å². The Morgan fingerprint density at radius 1 is 1.18 bits per heavy atom. The molecule has 7 nitrogen and oxygen atoms in total. The van der Waals surface area contributed by atoms with Crippen LogP contribution < -0.4 is 5.32 Å². The number of carbonyl (C=O) groups is 2. The molecule has 0 aromatic carbocycles. The monoisotopic (exact) mass is 386 g/mol. The second-order valence-corrected chi connectivity index (χ2v) is 7.91. The van der Waals surface area contributed by atoms with E-state index in [0.29, 0.717) is 30.4 Å². The van der Waals surface area contributed by atoms with Gasteiger partial charge in [0.15, 0.2) is 0 Å². The number of hydrogen-bond acceptors (Lipinski definition) is 5. The first-order valence-corrected chi connectivity index (χ1v) is 10.2. The zero-order valence-electron chi connectivity index (χ0n) is 17.1. The van der Waals surface area contributed by atoms with Crippen molar-refractivity contribution >= 4 is 17.7 Å². The van der Waals surface area contributed by atoms with Gasteiger partial charge in [-0.05, 0) is 51.6 Å². The zero-order chi connectivity index (χ0) is 20.3. The molecular weight excluding hydrogens is 356 g/mol. The number of anilines is 1. The van der Waals surface area contributed by atoms with Gasteiger partial charge in [0.1, 0.15) is 17.9 Å². The van der Waals surface area contributed by atoms with Crippen molar-refractivity contribution in [2.24, 2.45) is 0 Å². The second kappa shape index (κ2) is 8.78. The molecule has 1 aliphatic heterocycles. The number of aromatic nitrogens is 1. The summed E-state index contributed by atoms with van der Waals surface area (Å²) in [6, 6.07) is 2.23. The molecule has 0 spiro atoms. The fraction of sp³-hybridized carbons (Fsp3) is 0.667. The van der Waals surface area contributed by atoms with Gasteiger partial charge in [0.25, 0.3) is 0 Å². The number of nitrogens with one attached hydrogen (secondary N) is 1. The number of hydrogen-bond donors (Lipinski definition) is 1. The van der Waals surface area contributed by atoms with Crippen LogP contribution in [0.25, 0.3) is 0 Å². The molecule has 1 atom stereocenters. The third-order valence-corrected chi connectivity index (χ3v) is 6.25. The summed E-state index contributed by atoms with van der Waals surface area (Å²) < 4.78 is 7.02. The molecule has 0 radical (unpaired) electrons. The maximum absolute atomic E-state index is 12.8. The maximum atomic E-state index is 12.8. The molecule has 1 N–H and O–H groups in total. The van der Waals surface area contributed by atoms with Crippen LogP contribution in [-0.4, -0.2) is 47.6 Å². The third-order valence-electron chi connectivity index (χ3n) is 6.25. The first-order chi connectivity index (χ1) is 13.5. The summed E-state index contributed by atoms with van der Waals surface area (Å²) in [5, 5.41) is 12.7. The van der Waals surface area contributed by atoms with E-state index in [1.54, 1.807) is 0 Å². The van der Waals surface area contributed by atoms with Crippen molar-refractivity contribution in [3.63, 3.8) is 0 Å². The number of nitrogens with zero attached hydrogens (tertiary/aromatic N) is 3. The van der Waals surface area contributed by atoms with Gasteiger partial charge < -0.3 is 14.6 Å². The normalized spacial score (nSPS) is 20.7. The van der Waals surface area contributed by atoms with Crippen molar-refractivity contribution in [1.82, 2.24) is 9.47 Å². The van der Waals surface area contributed by atoms with E-state index in [1.807, 2.05) is 18.7 Å². The topological polar surface area (TPSA) is 87.4 Å². The number of ether oxygens (including phenoxy) is 1. The average Bonchev–Trinajstić information content (AvgIpc) is 3.24. The molecule has 1 aromatic heterocycles. The van der Waals surface area contributed by atoms with Crippen LogP contribution in [0, 0.1) is 25.2 Å². The molecule has 3 rings (SSSR count). The van der Waals surface area contributed by atoms with E-state index in [4.69, 9.17) is 4.74 Å². The van der Waals surface area contributed by atoms with Gasteiger partial charge in [0.05, 0.1) is 19.2 Å². The molecule has 7 heteroatoms. The molecular formula is C21H30N4O3. The van der Waals surface area contributed by atoms with Gasteiger partial charge in [-0.15, -0.1) is 0 Å². The standard InChI is InChI=1S/C21H30N4O3/c1-14-15(2)25(16-8-5-4-6-9-16)20(17(14)12-22)23-19(26)13-24-11-7-10-18(24)21(27)28-3/h16,18H,4-11,13H2,1-3H3,(H,23,26). The summed E-state index contributed by atoms with van der Waals surface area (Å²) in [6.45, 7) is 4.78. The first-order valence-electron chi connectivity index (χ1n) is 10.2. The molecule has 1 saturated carbocycles. The summed E-state index contributed by atoms with van der Waals surface area (Å²) in [5.74, 6) is 0.130. The van der Waals surface area contributed by atoms with E-state index in [0.717, 1.165) is 30.5 Å². The van der Waals surface area contributed by atoms with E-state index in [1.165, 1.54) is 26.4 Å². The van der Waals surface area contributed by atoms with Gasteiger partial charge in [-0.25, -0.2) is 0 Å². The number of likely N-dealkylation sites (tertiary alicyclic amines) is 1. The van der Waals surface area contributed by atoms with Crippen LogP contribution in [0.15, 0.2) is 0 Å². The fourth-order valence-electron chi connectivity index (χ4n) is 4.66. The van der Waals surface area contributed by atoms with Crippen molar-refractivity contribution in [2.75, 3.05) is 25.5 Å². The van der Waals surface area contributed by atoms with Crippen LogP contribution >= 0.6 is 0 Å².